The summed E-state index contributed by atoms with van der Waals surface area (Å²) in [7, 11) is 0. The summed E-state index contributed by atoms with van der Waals surface area (Å²) >= 11 is 0. The van der Waals surface area contributed by atoms with Crippen molar-refractivity contribution in [2.24, 2.45) is 10.9 Å². The van der Waals surface area contributed by atoms with Crippen molar-refractivity contribution in [1.29, 1.82) is 0 Å². The number of hydrogen-bond acceptors (Lipinski definition) is 5. The van der Waals surface area contributed by atoms with Gasteiger partial charge in [-0.15, -0.1) is 0 Å². The van der Waals surface area contributed by atoms with Crippen LogP contribution in [0, 0.1) is 5.92 Å². The van der Waals surface area contributed by atoms with E-state index in [2.05, 4.69) is 190 Å². The van der Waals surface area contributed by atoms with E-state index < -0.39 is 0 Å². The minimum Gasteiger partial charge on any atom is -0.450 e. The Balaban J connectivity index is 1.08. The van der Waals surface area contributed by atoms with Crippen molar-refractivity contribution in [1.82, 2.24) is 9.97 Å². The van der Waals surface area contributed by atoms with E-state index in [0.717, 1.165) is 73.7 Å². The number of benzene rings is 9. The number of aliphatic imine (C=N–C) groups is 1. The molecular formula is C63H47N3O2. The van der Waals surface area contributed by atoms with Gasteiger partial charge >= 0.3 is 0 Å². The molecule has 0 aliphatic carbocycles. The topological polar surface area (TPSA) is 56.6 Å². The van der Waals surface area contributed by atoms with Gasteiger partial charge in [-0.05, 0) is 93.4 Å². The second kappa shape index (κ2) is 18.7. The fourth-order valence-electron chi connectivity index (χ4n) is 8.92. The molecule has 1 aliphatic rings. The predicted octanol–water partition coefficient (Wildman–Crippen LogP) is 17.1. The van der Waals surface area contributed by atoms with Crippen molar-refractivity contribution in [3.8, 4) is 79.2 Å². The fraction of sp³-hybridized carbons (Fsp3) is 0.0635. The number of hydrogen-bond donors (Lipinski definition) is 0. The van der Waals surface area contributed by atoms with Gasteiger partial charge in [0, 0.05) is 27.8 Å². The lowest BCUT2D eigenvalue weighted by atomic mass is 9.90. The maximum atomic E-state index is 6.76. The molecule has 0 N–H and O–H groups in total. The summed E-state index contributed by atoms with van der Waals surface area (Å²) in [6.07, 6.45) is 3.25. The predicted molar refractivity (Wildman–Crippen MR) is 280 cm³/mol. The first-order chi connectivity index (χ1) is 33.5. The van der Waals surface area contributed by atoms with E-state index in [0.29, 0.717) is 28.8 Å². The van der Waals surface area contributed by atoms with Gasteiger partial charge in [-0.25, -0.2) is 15.0 Å². The van der Waals surface area contributed by atoms with Gasteiger partial charge in [-0.1, -0.05) is 202 Å². The summed E-state index contributed by atoms with van der Waals surface area (Å²) in [6.45, 7) is 4.52. The van der Waals surface area contributed by atoms with E-state index in [4.69, 9.17) is 24.4 Å². The number of fused-ring (bicyclic) bond motifs is 3. The molecule has 0 spiro atoms. The van der Waals surface area contributed by atoms with Crippen LogP contribution in [0.5, 0.6) is 23.0 Å². The Morgan fingerprint density at radius 3 is 1.63 bits per heavy atom. The Bertz CT molecular complexity index is 3430. The van der Waals surface area contributed by atoms with Crippen molar-refractivity contribution in [2.75, 3.05) is 0 Å². The van der Waals surface area contributed by atoms with E-state index in [-0.39, 0.29) is 5.92 Å². The van der Waals surface area contributed by atoms with Crippen LogP contribution in [0.4, 0.5) is 5.69 Å². The lowest BCUT2D eigenvalue weighted by Gasteiger charge is -2.22. The Hall–Kier alpha value is -8.67. The van der Waals surface area contributed by atoms with Crippen molar-refractivity contribution < 1.29 is 9.47 Å². The van der Waals surface area contributed by atoms with Crippen LogP contribution in [0.3, 0.4) is 0 Å². The van der Waals surface area contributed by atoms with Crippen LogP contribution in [-0.4, -0.2) is 15.7 Å². The summed E-state index contributed by atoms with van der Waals surface area (Å²) in [6, 6.07) is 77.2. The Labute approximate surface area is 397 Å². The van der Waals surface area contributed by atoms with Gasteiger partial charge in [-0.3, -0.25) is 0 Å². The lowest BCUT2D eigenvalue weighted by Crippen LogP contribution is -2.04. The van der Waals surface area contributed by atoms with Crippen LogP contribution in [-0.2, 0) is 0 Å². The van der Waals surface area contributed by atoms with Gasteiger partial charge in [0.1, 0.15) is 0 Å². The minimum atomic E-state index is 0.282. The zero-order chi connectivity index (χ0) is 45.8. The molecule has 1 aliphatic heterocycles. The Morgan fingerprint density at radius 1 is 0.471 bits per heavy atom. The summed E-state index contributed by atoms with van der Waals surface area (Å²) < 4.78 is 13.3. The molecule has 1 aromatic heterocycles. The van der Waals surface area contributed by atoms with Crippen molar-refractivity contribution in [3.05, 3.63) is 242 Å². The zero-order valence-corrected chi connectivity index (χ0v) is 37.9. The van der Waals surface area contributed by atoms with E-state index in [1.807, 2.05) is 54.6 Å². The second-order valence-electron chi connectivity index (χ2n) is 17.1. The molecule has 11 rings (SSSR count). The molecule has 326 valence electrons. The highest BCUT2D eigenvalue weighted by atomic mass is 16.6. The van der Waals surface area contributed by atoms with E-state index in [9.17, 15) is 0 Å². The van der Waals surface area contributed by atoms with Crippen molar-refractivity contribution in [3.63, 3.8) is 0 Å². The third kappa shape index (κ3) is 8.61. The molecule has 0 fully saturated rings. The van der Waals surface area contributed by atoms with Gasteiger partial charge in [0.2, 0.25) is 0 Å². The standard InChI is InChI=1S/C63H47N3O2/c1-3-42(2)54(44-19-8-4-9-20-44)40-55(45-22-10-5-11-23-45)64-58-37-50(63-65-56(46-24-12-6-13-25-46)41-57(66-63)47-26-14-7-15-27-47)31-34-53(58)49-33-36-60-62(39-49)68-61-38-48(32-35-59(61)67-60)52-30-18-28-43-21-16-17-29-51(43)52/h4-42H,3H2,1-2H3/b54-40+,64-55?. The smallest absolute Gasteiger partial charge is 0.170 e. The van der Waals surface area contributed by atoms with Gasteiger partial charge in [0.25, 0.3) is 0 Å². The van der Waals surface area contributed by atoms with Gasteiger partial charge < -0.3 is 9.47 Å². The van der Waals surface area contributed by atoms with E-state index >= 15 is 0 Å². The molecule has 68 heavy (non-hydrogen) atoms. The third-order valence-electron chi connectivity index (χ3n) is 12.7. The highest BCUT2D eigenvalue weighted by Gasteiger charge is 2.23. The lowest BCUT2D eigenvalue weighted by molar-refractivity contribution is 0.360. The number of allylic oxidation sites excluding steroid dienone is 2. The largest absolute Gasteiger partial charge is 0.450 e. The first kappa shape index (κ1) is 42.0. The van der Waals surface area contributed by atoms with E-state index in [1.165, 1.54) is 21.9 Å². The normalized spacial score (nSPS) is 12.7. The first-order valence-electron chi connectivity index (χ1n) is 23.2. The van der Waals surface area contributed by atoms with Crippen LogP contribution in [0.2, 0.25) is 0 Å². The van der Waals surface area contributed by atoms with Crippen LogP contribution < -0.4 is 9.47 Å². The molecule has 0 radical (unpaired) electrons. The van der Waals surface area contributed by atoms with Gasteiger partial charge in [-0.2, -0.15) is 0 Å². The molecule has 0 saturated heterocycles. The molecule has 9 aromatic carbocycles. The monoisotopic (exact) mass is 877 g/mol. The number of ether oxygens (including phenoxy) is 2. The fourth-order valence-corrected chi connectivity index (χ4v) is 8.92. The molecule has 5 heteroatoms. The van der Waals surface area contributed by atoms with E-state index in [1.54, 1.807) is 0 Å². The summed E-state index contributed by atoms with van der Waals surface area (Å²) in [5.41, 5.74) is 13.6. The minimum absolute atomic E-state index is 0.282. The number of aromatic nitrogens is 2. The van der Waals surface area contributed by atoms with Crippen LogP contribution >= 0.6 is 0 Å². The average molecular weight is 878 g/mol. The average Bonchev–Trinajstić information content (AvgIpc) is 3.41. The van der Waals surface area contributed by atoms with Crippen molar-refractivity contribution >= 4 is 27.7 Å². The zero-order valence-electron chi connectivity index (χ0n) is 37.9. The SMILES string of the molecule is CCC(C)/C(=C\C(=Nc1cc(-c2nc(-c3ccccc3)cc(-c3ccccc3)n2)ccc1-c1ccc2c(c1)Oc1cc(-c3cccc4ccccc34)ccc1O2)c1ccccc1)c1ccccc1. The molecule has 0 bridgehead atoms. The third-order valence-corrected chi connectivity index (χ3v) is 12.7. The quantitative estimate of drug-likeness (QED) is 0.121. The number of rotatable bonds is 11. The first-order valence-corrected chi connectivity index (χ1v) is 23.2. The van der Waals surface area contributed by atoms with Gasteiger partial charge in [0.05, 0.1) is 22.8 Å². The molecule has 2 heterocycles. The highest BCUT2D eigenvalue weighted by molar-refractivity contribution is 6.14. The van der Waals surface area contributed by atoms with Crippen molar-refractivity contribution in [2.45, 2.75) is 20.3 Å². The molecule has 1 atom stereocenters. The molecule has 5 nitrogen and oxygen atoms in total. The molecule has 10 aromatic rings. The number of nitrogens with zero attached hydrogens (tertiary/aromatic N) is 3. The summed E-state index contributed by atoms with van der Waals surface area (Å²) in [4.78, 5) is 16.1. The molecular weight excluding hydrogens is 831 g/mol. The molecule has 0 amide bonds. The van der Waals surface area contributed by atoms with Crippen LogP contribution in [0.25, 0.3) is 72.5 Å². The van der Waals surface area contributed by atoms with Crippen LogP contribution in [0.15, 0.2) is 236 Å². The maximum Gasteiger partial charge on any atom is 0.170 e. The van der Waals surface area contributed by atoms with Gasteiger partial charge in [0.15, 0.2) is 28.8 Å². The highest BCUT2D eigenvalue weighted by Crippen LogP contribution is 2.49. The second-order valence-corrected chi connectivity index (χ2v) is 17.1. The Morgan fingerprint density at radius 2 is 1.00 bits per heavy atom. The molecule has 1 unspecified atom stereocenters. The van der Waals surface area contributed by atoms with Crippen LogP contribution in [0.1, 0.15) is 31.4 Å². The molecule has 0 saturated carbocycles. The summed E-state index contributed by atoms with van der Waals surface area (Å²) in [5, 5.41) is 2.37. The summed E-state index contributed by atoms with van der Waals surface area (Å²) in [5.74, 6) is 3.50. The Kier molecular flexibility index (Phi) is 11.5. The maximum absolute atomic E-state index is 6.76.